The van der Waals surface area contributed by atoms with E-state index in [4.69, 9.17) is 14.4 Å². The zero-order valence-corrected chi connectivity index (χ0v) is 17.7. The summed E-state index contributed by atoms with van der Waals surface area (Å²) in [4.78, 5) is 13.4. The van der Waals surface area contributed by atoms with Crippen molar-refractivity contribution in [3.8, 4) is 11.4 Å². The molecular weight excluding hydrogens is 411 g/mol. The number of nitrogens with one attached hydrogen (secondary N) is 1. The van der Waals surface area contributed by atoms with E-state index in [1.54, 1.807) is 0 Å². The van der Waals surface area contributed by atoms with Crippen molar-refractivity contribution in [3.05, 3.63) is 35.7 Å². The SMILES string of the molecule is CCCCCCCCCc1ccc(-c2noc(C3CNC3)n2)cc1.O=C(O)C(F)(F)F. The molecular formula is C22H30F3N3O3. The van der Waals surface area contributed by atoms with Gasteiger partial charge in [-0.25, -0.2) is 4.79 Å². The molecule has 0 radical (unpaired) electrons. The first-order valence-corrected chi connectivity index (χ1v) is 10.7. The minimum Gasteiger partial charge on any atom is -0.475 e. The molecule has 1 aromatic heterocycles. The largest absolute Gasteiger partial charge is 0.490 e. The van der Waals surface area contributed by atoms with Crippen molar-refractivity contribution < 1.29 is 27.6 Å². The van der Waals surface area contributed by atoms with Crippen LogP contribution in [0.3, 0.4) is 0 Å². The molecule has 2 N–H and O–H groups in total. The fraction of sp³-hybridized carbons (Fsp3) is 0.591. The monoisotopic (exact) mass is 441 g/mol. The van der Waals surface area contributed by atoms with Crippen LogP contribution in [0.4, 0.5) is 13.2 Å². The number of aryl methyl sites for hydroxylation is 1. The zero-order chi connectivity index (χ0) is 22.7. The number of nitrogens with zero attached hydrogens (tertiary/aromatic N) is 2. The Morgan fingerprint density at radius 1 is 1.10 bits per heavy atom. The van der Waals surface area contributed by atoms with Crippen LogP contribution in [0.1, 0.15) is 69.2 Å². The lowest BCUT2D eigenvalue weighted by Gasteiger charge is -2.22. The van der Waals surface area contributed by atoms with E-state index in [1.807, 2.05) is 0 Å². The van der Waals surface area contributed by atoms with Crippen LogP contribution in [0.5, 0.6) is 0 Å². The summed E-state index contributed by atoms with van der Waals surface area (Å²) in [5, 5.41) is 14.5. The van der Waals surface area contributed by atoms with Crippen LogP contribution < -0.4 is 5.32 Å². The van der Waals surface area contributed by atoms with E-state index in [9.17, 15) is 13.2 Å². The number of aromatic nitrogens is 2. The number of alkyl halides is 3. The Kier molecular flexibility index (Phi) is 9.97. The average molecular weight is 441 g/mol. The molecule has 1 aliphatic heterocycles. The number of hydrogen-bond donors (Lipinski definition) is 2. The Bertz CT molecular complexity index is 787. The van der Waals surface area contributed by atoms with Gasteiger partial charge in [-0.05, 0) is 18.4 Å². The standard InChI is InChI=1S/C20H29N3O.C2HF3O2/c1-2-3-4-5-6-7-8-9-16-10-12-17(13-11-16)19-22-20(24-23-19)18-14-21-15-18;3-2(4,5)1(6)7/h10-13,18,21H,2-9,14-15H2,1H3;(H,6,7). The predicted octanol–water partition coefficient (Wildman–Crippen LogP) is 5.35. The maximum absolute atomic E-state index is 10.6. The molecule has 0 atom stereocenters. The van der Waals surface area contributed by atoms with E-state index in [0.29, 0.717) is 11.7 Å². The smallest absolute Gasteiger partial charge is 0.475 e. The summed E-state index contributed by atoms with van der Waals surface area (Å²) in [7, 11) is 0. The first kappa shape index (κ1) is 24.8. The fourth-order valence-electron chi connectivity index (χ4n) is 3.09. The molecule has 2 heterocycles. The van der Waals surface area contributed by atoms with Gasteiger partial charge in [0.25, 0.3) is 0 Å². The number of hydrogen-bond acceptors (Lipinski definition) is 5. The van der Waals surface area contributed by atoms with Gasteiger partial charge in [-0.1, -0.05) is 74.9 Å². The minimum absolute atomic E-state index is 0.392. The Hall–Kier alpha value is -2.42. The van der Waals surface area contributed by atoms with Crippen LogP contribution in [0.2, 0.25) is 0 Å². The van der Waals surface area contributed by atoms with E-state index in [-0.39, 0.29) is 0 Å². The van der Waals surface area contributed by atoms with Gasteiger partial charge in [0.1, 0.15) is 0 Å². The van der Waals surface area contributed by atoms with Crippen LogP contribution in [0.25, 0.3) is 11.4 Å². The second kappa shape index (κ2) is 12.4. The van der Waals surface area contributed by atoms with Crippen molar-refractivity contribution in [1.29, 1.82) is 0 Å². The summed E-state index contributed by atoms with van der Waals surface area (Å²) in [6.07, 6.45) is 5.58. The van der Waals surface area contributed by atoms with Crippen LogP contribution in [-0.2, 0) is 11.2 Å². The number of carbonyl (C=O) groups is 1. The van der Waals surface area contributed by atoms with Crippen molar-refractivity contribution in [3.63, 3.8) is 0 Å². The van der Waals surface area contributed by atoms with Crippen LogP contribution in [-0.4, -0.2) is 40.5 Å². The van der Waals surface area contributed by atoms with Crippen LogP contribution in [0, 0.1) is 0 Å². The van der Waals surface area contributed by atoms with Gasteiger partial charge >= 0.3 is 12.1 Å². The highest BCUT2D eigenvalue weighted by Crippen LogP contribution is 2.23. The molecule has 0 amide bonds. The van der Waals surface area contributed by atoms with Gasteiger partial charge in [0.15, 0.2) is 0 Å². The lowest BCUT2D eigenvalue weighted by molar-refractivity contribution is -0.192. The van der Waals surface area contributed by atoms with Crippen LogP contribution >= 0.6 is 0 Å². The molecule has 0 unspecified atom stereocenters. The molecule has 9 heteroatoms. The van der Waals surface area contributed by atoms with Gasteiger partial charge in [0, 0.05) is 18.7 Å². The van der Waals surface area contributed by atoms with Gasteiger partial charge in [0.2, 0.25) is 11.7 Å². The number of aliphatic carboxylic acids is 1. The lowest BCUT2D eigenvalue weighted by atomic mass is 10.0. The summed E-state index contributed by atoms with van der Waals surface area (Å²) < 4.78 is 37.1. The molecule has 3 rings (SSSR count). The van der Waals surface area contributed by atoms with E-state index in [2.05, 4.69) is 46.6 Å². The summed E-state index contributed by atoms with van der Waals surface area (Å²) in [5.41, 5.74) is 2.44. The summed E-state index contributed by atoms with van der Waals surface area (Å²) in [5.74, 6) is -0.898. The second-order valence-corrected chi connectivity index (χ2v) is 7.68. The molecule has 1 saturated heterocycles. The maximum atomic E-state index is 10.6. The topological polar surface area (TPSA) is 88.3 Å². The quantitative estimate of drug-likeness (QED) is 0.483. The molecule has 0 aliphatic carbocycles. The van der Waals surface area contributed by atoms with Crippen molar-refractivity contribution in [2.45, 2.75) is 70.4 Å². The van der Waals surface area contributed by atoms with Crippen LogP contribution in [0.15, 0.2) is 28.8 Å². The van der Waals surface area contributed by atoms with Gasteiger partial charge in [-0.2, -0.15) is 18.2 Å². The first-order chi connectivity index (χ1) is 14.8. The van der Waals surface area contributed by atoms with E-state index < -0.39 is 12.1 Å². The molecule has 0 saturated carbocycles. The maximum Gasteiger partial charge on any atom is 0.490 e. The molecule has 0 spiro atoms. The molecule has 172 valence electrons. The summed E-state index contributed by atoms with van der Waals surface area (Å²) in [6.45, 7) is 4.15. The Balaban J connectivity index is 0.000000423. The Labute approximate surface area is 180 Å². The Morgan fingerprint density at radius 3 is 2.19 bits per heavy atom. The molecule has 0 bridgehead atoms. The Morgan fingerprint density at radius 2 is 1.68 bits per heavy atom. The van der Waals surface area contributed by atoms with Crippen molar-refractivity contribution >= 4 is 5.97 Å². The second-order valence-electron chi connectivity index (χ2n) is 7.68. The summed E-state index contributed by atoms with van der Waals surface area (Å²) in [6, 6.07) is 8.63. The number of rotatable bonds is 10. The first-order valence-electron chi connectivity index (χ1n) is 10.7. The summed E-state index contributed by atoms with van der Waals surface area (Å²) >= 11 is 0. The normalized spacial score (nSPS) is 13.9. The fourth-order valence-corrected chi connectivity index (χ4v) is 3.09. The molecule has 1 fully saturated rings. The minimum atomic E-state index is -5.08. The molecule has 2 aromatic rings. The molecule has 1 aromatic carbocycles. The highest BCUT2D eigenvalue weighted by Gasteiger charge is 2.38. The third-order valence-electron chi connectivity index (χ3n) is 5.10. The molecule has 1 aliphatic rings. The van der Waals surface area contributed by atoms with Crippen molar-refractivity contribution in [2.24, 2.45) is 0 Å². The number of halogens is 3. The van der Waals surface area contributed by atoms with Crippen molar-refractivity contribution in [1.82, 2.24) is 15.5 Å². The third-order valence-corrected chi connectivity index (χ3v) is 5.10. The van der Waals surface area contributed by atoms with Gasteiger partial charge in [0.05, 0.1) is 5.92 Å². The van der Waals surface area contributed by atoms with Gasteiger partial charge in [-0.3, -0.25) is 0 Å². The molecule has 6 nitrogen and oxygen atoms in total. The molecule has 31 heavy (non-hydrogen) atoms. The van der Waals surface area contributed by atoms with E-state index >= 15 is 0 Å². The van der Waals surface area contributed by atoms with E-state index in [0.717, 1.165) is 24.5 Å². The number of benzene rings is 1. The average Bonchev–Trinajstić information content (AvgIpc) is 3.15. The van der Waals surface area contributed by atoms with Gasteiger partial charge in [-0.15, -0.1) is 0 Å². The van der Waals surface area contributed by atoms with Gasteiger partial charge < -0.3 is 14.9 Å². The number of unbranched alkanes of at least 4 members (excludes halogenated alkanes) is 6. The number of carboxylic acid groups (broad SMARTS) is 1. The van der Waals surface area contributed by atoms with E-state index in [1.165, 1.54) is 56.9 Å². The highest BCUT2D eigenvalue weighted by molar-refractivity contribution is 5.73. The zero-order valence-electron chi connectivity index (χ0n) is 17.7. The lowest BCUT2D eigenvalue weighted by Crippen LogP contribution is -2.40. The predicted molar refractivity (Wildman–Crippen MR) is 111 cm³/mol. The van der Waals surface area contributed by atoms with Crippen molar-refractivity contribution in [2.75, 3.05) is 13.1 Å². The number of carboxylic acids is 1. The third kappa shape index (κ3) is 8.69. The highest BCUT2D eigenvalue weighted by atomic mass is 19.4.